The highest BCUT2D eigenvalue weighted by atomic mass is 35.5. The fourth-order valence-corrected chi connectivity index (χ4v) is 9.89. The molecular weight excluding hydrogens is 830 g/mol. The van der Waals surface area contributed by atoms with Crippen molar-refractivity contribution in [3.05, 3.63) is 117 Å². The van der Waals surface area contributed by atoms with Crippen molar-refractivity contribution < 1.29 is 27.6 Å². The van der Waals surface area contributed by atoms with Gasteiger partial charge < -0.3 is 24.7 Å². The van der Waals surface area contributed by atoms with Crippen LogP contribution in [0.4, 0.5) is 17.1 Å². The van der Waals surface area contributed by atoms with Crippen molar-refractivity contribution in [2.24, 2.45) is 11.3 Å². The van der Waals surface area contributed by atoms with Crippen LogP contribution in [0.5, 0.6) is 11.5 Å². The molecule has 16 heteroatoms. The molecule has 4 heterocycles. The summed E-state index contributed by atoms with van der Waals surface area (Å²) in [6.07, 6.45) is 8.12. The van der Waals surface area contributed by atoms with Crippen molar-refractivity contribution in [2.75, 3.05) is 56.2 Å². The highest BCUT2D eigenvalue weighted by molar-refractivity contribution is 7.90. The van der Waals surface area contributed by atoms with Crippen LogP contribution in [-0.2, 0) is 14.8 Å². The summed E-state index contributed by atoms with van der Waals surface area (Å²) in [6, 6.07) is 20.6. The molecule has 2 aromatic heterocycles. The fourth-order valence-electron chi connectivity index (χ4n) is 8.78. The zero-order valence-electron chi connectivity index (χ0n) is 35.2. The Hall–Kier alpha value is -5.48. The van der Waals surface area contributed by atoms with Crippen molar-refractivity contribution in [1.29, 1.82) is 0 Å². The number of pyridine rings is 1. The normalized spacial score (nSPS) is 18.8. The Morgan fingerprint density at radius 3 is 2.61 bits per heavy atom. The van der Waals surface area contributed by atoms with Crippen molar-refractivity contribution in [3.63, 3.8) is 0 Å². The van der Waals surface area contributed by atoms with Gasteiger partial charge in [0, 0.05) is 86.4 Å². The molecule has 1 amide bonds. The molecule has 2 fully saturated rings. The number of hydrogen-bond donors (Lipinski definition) is 3. The number of benzene rings is 3. The molecule has 0 saturated carbocycles. The average molecular weight is 882 g/mol. The number of anilines is 2. The summed E-state index contributed by atoms with van der Waals surface area (Å²) in [5.41, 5.74) is 5.53. The first-order valence-electron chi connectivity index (χ1n) is 21.1. The first kappa shape index (κ1) is 43.2. The Labute approximate surface area is 366 Å². The number of ether oxygens (including phenoxy) is 2. The number of hydrogen-bond acceptors (Lipinski definition) is 11. The van der Waals surface area contributed by atoms with Crippen molar-refractivity contribution in [2.45, 2.75) is 63.8 Å². The number of aromatic nitrogens is 2. The van der Waals surface area contributed by atoms with Crippen molar-refractivity contribution in [3.8, 4) is 11.5 Å². The van der Waals surface area contributed by atoms with Gasteiger partial charge in [-0.15, -0.1) is 0 Å². The number of H-pyrrole nitrogens is 1. The van der Waals surface area contributed by atoms with Crippen molar-refractivity contribution >= 4 is 61.2 Å². The lowest BCUT2D eigenvalue weighted by atomic mass is 9.72. The zero-order chi connectivity index (χ0) is 43.6. The van der Waals surface area contributed by atoms with Gasteiger partial charge in [-0.3, -0.25) is 19.8 Å². The number of aromatic amines is 1. The van der Waals surface area contributed by atoms with Gasteiger partial charge in [0.2, 0.25) is 0 Å². The molecule has 5 aromatic rings. The van der Waals surface area contributed by atoms with Crippen LogP contribution in [0.15, 0.2) is 95.7 Å². The van der Waals surface area contributed by atoms with Crippen LogP contribution in [0.25, 0.3) is 16.6 Å². The van der Waals surface area contributed by atoms with Crippen LogP contribution in [-0.4, -0.2) is 86.1 Å². The van der Waals surface area contributed by atoms with Gasteiger partial charge in [0.1, 0.15) is 22.8 Å². The topological polar surface area (TPSA) is 172 Å². The smallest absolute Gasteiger partial charge is 0.293 e. The second-order valence-electron chi connectivity index (χ2n) is 17.4. The Morgan fingerprint density at radius 1 is 1.06 bits per heavy atom. The van der Waals surface area contributed by atoms with Crippen LogP contribution in [0.2, 0.25) is 5.02 Å². The van der Waals surface area contributed by atoms with E-state index >= 15 is 0 Å². The third kappa shape index (κ3) is 9.91. The summed E-state index contributed by atoms with van der Waals surface area (Å²) in [6.45, 7) is 11.8. The molecule has 2 saturated heterocycles. The van der Waals surface area contributed by atoms with E-state index < -0.39 is 31.4 Å². The van der Waals surface area contributed by atoms with Gasteiger partial charge >= 0.3 is 0 Å². The molecule has 3 N–H and O–H groups in total. The largest absolute Gasteiger partial charge is 0.455 e. The molecule has 0 unspecified atom stereocenters. The van der Waals surface area contributed by atoms with Gasteiger partial charge in [0.05, 0.1) is 21.6 Å². The number of rotatable bonds is 13. The molecule has 2 aliphatic heterocycles. The van der Waals surface area contributed by atoms with Gasteiger partial charge in [0.25, 0.3) is 21.6 Å². The van der Waals surface area contributed by atoms with E-state index in [2.05, 4.69) is 62.7 Å². The van der Waals surface area contributed by atoms with Gasteiger partial charge in [-0.1, -0.05) is 43.2 Å². The minimum atomic E-state index is -4.56. The lowest BCUT2D eigenvalue weighted by Gasteiger charge is -2.43. The third-order valence-corrected chi connectivity index (χ3v) is 13.9. The second-order valence-corrected chi connectivity index (χ2v) is 19.5. The van der Waals surface area contributed by atoms with Gasteiger partial charge in [-0.2, -0.15) is 0 Å². The molecule has 0 bridgehead atoms. The molecule has 62 heavy (non-hydrogen) atoms. The van der Waals surface area contributed by atoms with Crippen LogP contribution in [0, 0.1) is 21.4 Å². The number of nitro groups is 1. The first-order chi connectivity index (χ1) is 29.7. The molecule has 326 valence electrons. The minimum absolute atomic E-state index is 0.0380. The summed E-state index contributed by atoms with van der Waals surface area (Å²) < 4.78 is 41.3. The van der Waals surface area contributed by atoms with Crippen LogP contribution in [0.1, 0.15) is 68.8 Å². The maximum Gasteiger partial charge on any atom is 0.293 e. The number of nitro benzene ring substituents is 1. The lowest BCUT2D eigenvalue weighted by Crippen LogP contribution is -2.52. The molecule has 1 atom stereocenters. The molecule has 8 rings (SSSR count). The van der Waals surface area contributed by atoms with Gasteiger partial charge in [0.15, 0.2) is 0 Å². The highest BCUT2D eigenvalue weighted by Gasteiger charge is 2.32. The number of carbonyl (C=O) groups excluding carboxylic acids is 1. The van der Waals surface area contributed by atoms with E-state index in [4.69, 9.17) is 21.1 Å². The molecule has 0 radical (unpaired) electrons. The molecule has 3 aliphatic rings. The Morgan fingerprint density at radius 2 is 1.85 bits per heavy atom. The average Bonchev–Trinajstić information content (AvgIpc) is 3.72. The number of fused-ring (bicyclic) bond motifs is 1. The Balaban J connectivity index is 1.02. The Kier molecular flexibility index (Phi) is 12.6. The van der Waals surface area contributed by atoms with Gasteiger partial charge in [-0.05, 0) is 110 Å². The van der Waals surface area contributed by atoms with Crippen LogP contribution in [0.3, 0.4) is 0 Å². The maximum absolute atomic E-state index is 14.0. The fraction of sp³-hybridized carbons (Fsp3) is 0.391. The Bertz CT molecular complexity index is 2610. The number of amides is 1. The molecule has 14 nitrogen and oxygen atoms in total. The molecular formula is C46H52ClN7O7S. The molecule has 1 aliphatic carbocycles. The van der Waals surface area contributed by atoms with E-state index in [0.29, 0.717) is 37.7 Å². The molecule has 3 aromatic carbocycles. The maximum atomic E-state index is 14.0. The predicted octanol–water partition coefficient (Wildman–Crippen LogP) is 9.05. The number of piperazine rings is 1. The summed E-state index contributed by atoms with van der Waals surface area (Å²) in [4.78, 5) is 37.3. The van der Waals surface area contributed by atoms with Crippen LogP contribution >= 0.6 is 11.6 Å². The number of carbonyl (C=O) groups is 1. The quantitative estimate of drug-likeness (QED) is 0.0761. The number of allylic oxidation sites excluding steroid dienone is 1. The van der Waals surface area contributed by atoms with E-state index in [-0.39, 0.29) is 34.4 Å². The summed E-state index contributed by atoms with van der Waals surface area (Å²) >= 11 is 6.25. The lowest BCUT2D eigenvalue weighted by molar-refractivity contribution is -0.384. The number of nitrogens with zero attached hydrogens (tertiary/aromatic N) is 4. The SMILES string of the molecule is C[C@H]1CN(CC2=C(c3ccc(Cl)cc3)CC(C)(C)CC2)CCN1c1ccc(C(=O)NS(=O)(=O)c2ccc(NCC3CCOCC3)c([N+](=O)[O-])c2)c(Oc2cnc3[nH]ccc3c2)c1. The minimum Gasteiger partial charge on any atom is -0.455 e. The number of sulfonamides is 1. The van der Waals surface area contributed by atoms with E-state index in [9.17, 15) is 23.3 Å². The second kappa shape index (κ2) is 18.1. The van der Waals surface area contributed by atoms with E-state index in [1.807, 2.05) is 18.2 Å². The molecule has 0 spiro atoms. The van der Waals surface area contributed by atoms with Crippen LogP contribution < -0.4 is 19.7 Å². The predicted molar refractivity (Wildman–Crippen MR) is 242 cm³/mol. The summed E-state index contributed by atoms with van der Waals surface area (Å²) in [5.74, 6) is -0.203. The number of nitrogens with one attached hydrogen (secondary N) is 3. The van der Waals surface area contributed by atoms with Gasteiger partial charge in [-0.25, -0.2) is 18.1 Å². The first-order valence-corrected chi connectivity index (χ1v) is 23.0. The standard InChI is InChI=1S/C46H52ClN7O7S/c1-30-28-52(29-34-12-16-46(2,3)25-40(34)32-4-6-35(47)7-5-32)18-19-53(30)36-8-10-39(43(23-36)61-37-22-33-13-17-48-44(33)50-27-37)45(55)51-62(58,59)38-9-11-41(42(24-38)54(56)57)49-26-31-14-20-60-21-15-31/h4-11,13,17,22-24,27,30-31,49H,12,14-16,18-21,25-26,28-29H2,1-3H3,(H,48,50)(H,51,55)/t30-/m0/s1. The third-order valence-electron chi connectivity index (χ3n) is 12.3. The van der Waals surface area contributed by atoms with E-state index in [1.54, 1.807) is 30.5 Å². The summed E-state index contributed by atoms with van der Waals surface area (Å²) in [5, 5.41) is 16.7. The summed E-state index contributed by atoms with van der Waals surface area (Å²) in [7, 11) is -4.56. The van der Waals surface area contributed by atoms with E-state index in [1.165, 1.54) is 35.0 Å². The monoisotopic (exact) mass is 881 g/mol. The highest BCUT2D eigenvalue weighted by Crippen LogP contribution is 2.44. The number of halogens is 1. The van der Waals surface area contributed by atoms with Crippen molar-refractivity contribution in [1.82, 2.24) is 19.6 Å². The zero-order valence-corrected chi connectivity index (χ0v) is 36.7. The van der Waals surface area contributed by atoms with E-state index in [0.717, 1.165) is 73.9 Å².